The zero-order valence-corrected chi connectivity index (χ0v) is 14.8. The summed E-state index contributed by atoms with van der Waals surface area (Å²) in [7, 11) is 4.00. The van der Waals surface area contributed by atoms with Crippen LogP contribution in [0, 0.1) is 6.92 Å². The number of thiophene rings is 1. The van der Waals surface area contributed by atoms with Crippen LogP contribution in [-0.2, 0) is 6.54 Å². The third-order valence-corrected chi connectivity index (χ3v) is 4.88. The van der Waals surface area contributed by atoms with Gasteiger partial charge in [0.25, 0.3) is 5.91 Å². The van der Waals surface area contributed by atoms with Gasteiger partial charge in [-0.1, -0.05) is 0 Å². The first-order valence-corrected chi connectivity index (χ1v) is 8.37. The minimum absolute atomic E-state index is 0.0350. The third-order valence-electron chi connectivity index (χ3n) is 3.06. The highest BCUT2D eigenvalue weighted by atomic mass is 79.9. The number of halogens is 1. The molecule has 2 heterocycles. The maximum atomic E-state index is 12.7. The van der Waals surface area contributed by atoms with Gasteiger partial charge in [0.2, 0.25) is 0 Å². The molecule has 2 aromatic rings. The van der Waals surface area contributed by atoms with Gasteiger partial charge in [0.05, 0.1) is 6.54 Å². The molecule has 0 spiro atoms. The van der Waals surface area contributed by atoms with Crippen molar-refractivity contribution < 1.29 is 9.21 Å². The lowest BCUT2D eigenvalue weighted by Crippen LogP contribution is -2.36. The van der Waals surface area contributed by atoms with E-state index in [-0.39, 0.29) is 5.91 Å². The van der Waals surface area contributed by atoms with E-state index in [4.69, 9.17) is 4.42 Å². The van der Waals surface area contributed by atoms with Crippen LogP contribution in [0.5, 0.6) is 0 Å². The molecule has 4 nitrogen and oxygen atoms in total. The van der Waals surface area contributed by atoms with Gasteiger partial charge in [-0.2, -0.15) is 0 Å². The molecule has 6 heteroatoms. The number of hydrogen-bond donors (Lipinski definition) is 0. The molecule has 0 saturated heterocycles. The highest BCUT2D eigenvalue weighted by Crippen LogP contribution is 2.25. The Hall–Kier alpha value is -1.11. The SMILES string of the molecule is Cc1ccc(CN(CCN(C)C)C(=O)c2sccc2Br)o1. The van der Waals surface area contributed by atoms with Gasteiger partial charge < -0.3 is 14.2 Å². The molecule has 0 radical (unpaired) electrons. The lowest BCUT2D eigenvalue weighted by molar-refractivity contribution is 0.0723. The van der Waals surface area contributed by atoms with Crippen molar-refractivity contribution in [3.05, 3.63) is 44.4 Å². The second-order valence-electron chi connectivity index (χ2n) is 5.14. The van der Waals surface area contributed by atoms with E-state index in [2.05, 4.69) is 20.8 Å². The minimum Gasteiger partial charge on any atom is -0.464 e. The van der Waals surface area contributed by atoms with Gasteiger partial charge in [0.15, 0.2) is 0 Å². The maximum Gasteiger partial charge on any atom is 0.265 e. The van der Waals surface area contributed by atoms with E-state index in [0.717, 1.165) is 27.4 Å². The molecule has 21 heavy (non-hydrogen) atoms. The minimum atomic E-state index is 0.0350. The van der Waals surface area contributed by atoms with E-state index in [1.54, 1.807) is 0 Å². The molecular weight excluding hydrogens is 352 g/mol. The molecule has 0 aliphatic heterocycles. The zero-order valence-electron chi connectivity index (χ0n) is 12.4. The number of carbonyl (C=O) groups is 1. The quantitative estimate of drug-likeness (QED) is 0.778. The topological polar surface area (TPSA) is 36.7 Å². The van der Waals surface area contributed by atoms with E-state index in [1.165, 1.54) is 11.3 Å². The largest absolute Gasteiger partial charge is 0.464 e. The van der Waals surface area contributed by atoms with Crippen LogP contribution < -0.4 is 0 Å². The Labute approximate surface area is 137 Å². The Morgan fingerprint density at radius 1 is 1.29 bits per heavy atom. The summed E-state index contributed by atoms with van der Waals surface area (Å²) >= 11 is 4.89. The zero-order chi connectivity index (χ0) is 15.4. The predicted octanol–water partition coefficient (Wildman–Crippen LogP) is 3.62. The molecule has 0 aliphatic carbocycles. The summed E-state index contributed by atoms with van der Waals surface area (Å²) in [5.74, 6) is 1.71. The molecular formula is C15H19BrN2O2S. The van der Waals surface area contributed by atoms with Crippen molar-refractivity contribution in [3.8, 4) is 0 Å². The van der Waals surface area contributed by atoms with Crippen molar-refractivity contribution in [1.82, 2.24) is 9.80 Å². The van der Waals surface area contributed by atoms with Crippen molar-refractivity contribution in [2.24, 2.45) is 0 Å². The fourth-order valence-electron chi connectivity index (χ4n) is 1.92. The molecule has 0 bridgehead atoms. The summed E-state index contributed by atoms with van der Waals surface area (Å²) in [5.41, 5.74) is 0. The van der Waals surface area contributed by atoms with Gasteiger partial charge >= 0.3 is 0 Å². The maximum absolute atomic E-state index is 12.7. The first-order chi connectivity index (χ1) is 9.97. The van der Waals surface area contributed by atoms with E-state index in [1.807, 2.05) is 49.5 Å². The Balaban J connectivity index is 2.15. The van der Waals surface area contributed by atoms with Crippen molar-refractivity contribution in [3.63, 3.8) is 0 Å². The van der Waals surface area contributed by atoms with Crippen LogP contribution in [0.25, 0.3) is 0 Å². The average molecular weight is 371 g/mol. The molecule has 0 unspecified atom stereocenters. The molecule has 0 N–H and O–H groups in total. The smallest absolute Gasteiger partial charge is 0.265 e. The molecule has 0 saturated carbocycles. The number of likely N-dealkylation sites (N-methyl/N-ethyl adjacent to an activating group) is 1. The number of hydrogen-bond acceptors (Lipinski definition) is 4. The lowest BCUT2D eigenvalue weighted by atomic mass is 10.3. The molecule has 0 atom stereocenters. The van der Waals surface area contributed by atoms with Crippen LogP contribution in [-0.4, -0.2) is 42.9 Å². The number of carbonyl (C=O) groups excluding carboxylic acids is 1. The number of aryl methyl sites for hydroxylation is 1. The molecule has 0 aliphatic rings. The number of amides is 1. The first kappa shape index (κ1) is 16.3. The summed E-state index contributed by atoms with van der Waals surface area (Å²) < 4.78 is 6.45. The molecule has 0 fully saturated rings. The van der Waals surface area contributed by atoms with Crippen LogP contribution in [0.4, 0.5) is 0 Å². The predicted molar refractivity (Wildman–Crippen MR) is 88.8 cm³/mol. The molecule has 1 amide bonds. The Morgan fingerprint density at radius 2 is 2.05 bits per heavy atom. The summed E-state index contributed by atoms with van der Waals surface area (Å²) in [6.07, 6.45) is 0. The standard InChI is InChI=1S/C15H19BrN2O2S/c1-11-4-5-12(20-11)10-18(8-7-17(2)3)15(19)14-13(16)6-9-21-14/h4-6,9H,7-8,10H2,1-3H3. The fourth-order valence-corrected chi connectivity index (χ4v) is 3.43. The van der Waals surface area contributed by atoms with Gasteiger partial charge in [-0.15, -0.1) is 11.3 Å². The van der Waals surface area contributed by atoms with Gasteiger partial charge in [0, 0.05) is 17.6 Å². The van der Waals surface area contributed by atoms with E-state index in [9.17, 15) is 4.79 Å². The summed E-state index contributed by atoms with van der Waals surface area (Å²) in [4.78, 5) is 17.3. The molecule has 114 valence electrons. The van der Waals surface area contributed by atoms with Gasteiger partial charge in [-0.3, -0.25) is 4.79 Å². The van der Waals surface area contributed by atoms with Crippen LogP contribution in [0.3, 0.4) is 0 Å². The summed E-state index contributed by atoms with van der Waals surface area (Å²) in [6, 6.07) is 5.75. The number of nitrogens with zero attached hydrogens (tertiary/aromatic N) is 2. The van der Waals surface area contributed by atoms with Gasteiger partial charge in [-0.05, 0) is 60.5 Å². The molecule has 2 rings (SSSR count). The van der Waals surface area contributed by atoms with Crippen molar-refractivity contribution >= 4 is 33.2 Å². The second-order valence-corrected chi connectivity index (χ2v) is 6.91. The monoisotopic (exact) mass is 370 g/mol. The fraction of sp³-hybridized carbons (Fsp3) is 0.400. The Kier molecular flexibility index (Phi) is 5.61. The van der Waals surface area contributed by atoms with Crippen LogP contribution in [0.15, 0.2) is 32.5 Å². The summed E-state index contributed by atoms with van der Waals surface area (Å²) in [6.45, 7) is 3.88. The highest BCUT2D eigenvalue weighted by molar-refractivity contribution is 9.10. The molecule has 2 aromatic heterocycles. The normalized spacial score (nSPS) is 11.1. The lowest BCUT2D eigenvalue weighted by Gasteiger charge is -2.23. The van der Waals surface area contributed by atoms with Crippen LogP contribution in [0.2, 0.25) is 0 Å². The van der Waals surface area contributed by atoms with E-state index in [0.29, 0.717) is 13.1 Å². The van der Waals surface area contributed by atoms with Gasteiger partial charge in [-0.25, -0.2) is 0 Å². The van der Waals surface area contributed by atoms with Crippen molar-refractivity contribution in [2.45, 2.75) is 13.5 Å². The van der Waals surface area contributed by atoms with Crippen LogP contribution in [0.1, 0.15) is 21.2 Å². The van der Waals surface area contributed by atoms with Crippen molar-refractivity contribution in [2.75, 3.05) is 27.2 Å². The van der Waals surface area contributed by atoms with E-state index < -0.39 is 0 Å². The van der Waals surface area contributed by atoms with Crippen molar-refractivity contribution in [1.29, 1.82) is 0 Å². The Bertz CT molecular complexity index is 606. The highest BCUT2D eigenvalue weighted by Gasteiger charge is 2.20. The average Bonchev–Trinajstić information content (AvgIpc) is 3.02. The second kappa shape index (κ2) is 7.24. The number of furan rings is 1. The molecule has 0 aromatic carbocycles. The van der Waals surface area contributed by atoms with Crippen LogP contribution >= 0.6 is 27.3 Å². The third kappa shape index (κ3) is 4.43. The van der Waals surface area contributed by atoms with E-state index >= 15 is 0 Å². The van der Waals surface area contributed by atoms with Gasteiger partial charge in [0.1, 0.15) is 16.4 Å². The Morgan fingerprint density at radius 3 is 2.57 bits per heavy atom. The summed E-state index contributed by atoms with van der Waals surface area (Å²) in [5, 5.41) is 1.92. The first-order valence-electron chi connectivity index (χ1n) is 6.69. The number of rotatable bonds is 6.